The molecular weight excluding hydrogens is 392 g/mol. The Kier molecular flexibility index (Phi) is 6.09. The molecule has 0 radical (unpaired) electrons. The molecular formula is C25H34N2O4. The van der Waals surface area contributed by atoms with Gasteiger partial charge in [-0.3, -0.25) is 14.4 Å². The number of carbonyl (C=O) groups is 3. The van der Waals surface area contributed by atoms with Crippen LogP contribution in [-0.4, -0.2) is 42.9 Å². The summed E-state index contributed by atoms with van der Waals surface area (Å²) in [6.07, 6.45) is 6.69. The van der Waals surface area contributed by atoms with E-state index in [-0.39, 0.29) is 30.4 Å². The Morgan fingerprint density at radius 2 is 1.68 bits per heavy atom. The van der Waals surface area contributed by atoms with E-state index in [4.69, 9.17) is 4.74 Å². The molecule has 1 aromatic rings. The van der Waals surface area contributed by atoms with Crippen molar-refractivity contribution in [2.75, 3.05) is 20.2 Å². The Bertz CT molecular complexity index is 843. The maximum atomic E-state index is 12.9. The van der Waals surface area contributed by atoms with Gasteiger partial charge >= 0.3 is 5.97 Å². The smallest absolute Gasteiger partial charge is 0.325 e. The molecule has 168 valence electrons. The number of amides is 2. The number of aryl methyl sites for hydroxylation is 2. The monoisotopic (exact) mass is 426 g/mol. The van der Waals surface area contributed by atoms with Crippen molar-refractivity contribution in [3.63, 3.8) is 0 Å². The fourth-order valence-electron chi connectivity index (χ4n) is 6.40. The highest BCUT2D eigenvalue weighted by Crippen LogP contribution is 2.60. The van der Waals surface area contributed by atoms with E-state index in [0.717, 1.165) is 30.4 Å². The van der Waals surface area contributed by atoms with Gasteiger partial charge in [0.15, 0.2) is 6.61 Å². The number of nitrogens with one attached hydrogen (secondary N) is 1. The molecule has 4 aliphatic carbocycles. The minimum Gasteiger partial charge on any atom is -0.454 e. The number of hydrogen-bond donors (Lipinski definition) is 1. The van der Waals surface area contributed by atoms with E-state index in [0.29, 0.717) is 24.3 Å². The number of esters is 1. The van der Waals surface area contributed by atoms with Crippen molar-refractivity contribution in [2.24, 2.45) is 23.2 Å². The van der Waals surface area contributed by atoms with Gasteiger partial charge in [-0.25, -0.2) is 0 Å². The van der Waals surface area contributed by atoms with Crippen LogP contribution in [0.5, 0.6) is 0 Å². The standard InChI is InChI=1S/C25H34N2O4/c1-16-4-5-21(17(2)6-16)14-27(3)22(28)15-31-23(29)13-26-24(30)25-10-18-7-19(11-25)9-20(8-18)12-25/h4-6,18-20H,7-15H2,1-3H3,(H,26,30). The molecule has 31 heavy (non-hydrogen) atoms. The van der Waals surface area contributed by atoms with Crippen molar-refractivity contribution in [3.8, 4) is 0 Å². The van der Waals surface area contributed by atoms with Crippen LogP contribution in [0, 0.1) is 37.0 Å². The van der Waals surface area contributed by atoms with Gasteiger partial charge in [-0.1, -0.05) is 23.8 Å². The SMILES string of the molecule is Cc1ccc(CN(C)C(=O)COC(=O)CNC(=O)C23CC4CC(CC(C4)C2)C3)c(C)c1. The molecule has 0 heterocycles. The zero-order valence-electron chi connectivity index (χ0n) is 18.9. The largest absolute Gasteiger partial charge is 0.454 e. The van der Waals surface area contributed by atoms with Crippen LogP contribution < -0.4 is 5.32 Å². The highest BCUT2D eigenvalue weighted by Gasteiger charge is 2.54. The van der Waals surface area contributed by atoms with Gasteiger partial charge in [-0.2, -0.15) is 0 Å². The molecule has 4 fully saturated rings. The van der Waals surface area contributed by atoms with Crippen LogP contribution in [0.4, 0.5) is 0 Å². The Labute approximate surface area is 184 Å². The second kappa shape index (κ2) is 8.64. The van der Waals surface area contributed by atoms with E-state index in [9.17, 15) is 14.4 Å². The molecule has 4 aliphatic rings. The summed E-state index contributed by atoms with van der Waals surface area (Å²) in [4.78, 5) is 39.0. The molecule has 0 saturated heterocycles. The van der Waals surface area contributed by atoms with Gasteiger partial charge in [-0.15, -0.1) is 0 Å². The molecule has 0 atom stereocenters. The van der Waals surface area contributed by atoms with Gasteiger partial charge in [0, 0.05) is 19.0 Å². The third kappa shape index (κ3) is 4.78. The van der Waals surface area contributed by atoms with Gasteiger partial charge in [0.05, 0.1) is 0 Å². The van der Waals surface area contributed by atoms with E-state index < -0.39 is 5.97 Å². The third-order valence-electron chi connectivity index (χ3n) is 7.60. The summed E-state index contributed by atoms with van der Waals surface area (Å²) in [5.74, 6) is 1.20. The number of hydrogen-bond acceptors (Lipinski definition) is 4. The van der Waals surface area contributed by atoms with Crippen LogP contribution in [0.25, 0.3) is 0 Å². The van der Waals surface area contributed by atoms with E-state index in [1.54, 1.807) is 11.9 Å². The van der Waals surface area contributed by atoms with E-state index in [2.05, 4.69) is 11.4 Å². The van der Waals surface area contributed by atoms with Crippen LogP contribution in [0.3, 0.4) is 0 Å². The number of ether oxygens (including phenoxy) is 1. The molecule has 1 N–H and O–H groups in total. The van der Waals surface area contributed by atoms with Crippen LogP contribution in [0.1, 0.15) is 55.2 Å². The molecule has 6 heteroatoms. The quantitative estimate of drug-likeness (QED) is 0.680. The van der Waals surface area contributed by atoms with Crippen molar-refractivity contribution in [1.29, 1.82) is 0 Å². The van der Waals surface area contributed by atoms with E-state index >= 15 is 0 Å². The number of rotatable bonds is 7. The first-order valence-electron chi connectivity index (χ1n) is 11.5. The minimum absolute atomic E-state index is 0.00170. The third-order valence-corrected chi connectivity index (χ3v) is 7.60. The number of carbonyl (C=O) groups excluding carboxylic acids is 3. The topological polar surface area (TPSA) is 75.7 Å². The molecule has 4 saturated carbocycles. The number of likely N-dealkylation sites (N-methyl/N-ethyl adjacent to an activating group) is 1. The van der Waals surface area contributed by atoms with Crippen LogP contribution >= 0.6 is 0 Å². The van der Waals surface area contributed by atoms with Crippen molar-refractivity contribution in [2.45, 2.75) is 58.9 Å². The second-order valence-corrected chi connectivity index (χ2v) is 10.2. The zero-order chi connectivity index (χ0) is 22.2. The Hall–Kier alpha value is -2.37. The first-order chi connectivity index (χ1) is 14.7. The summed E-state index contributed by atoms with van der Waals surface area (Å²) in [6, 6.07) is 6.12. The predicted octanol–water partition coefficient (Wildman–Crippen LogP) is 3.14. The van der Waals surface area contributed by atoms with Gasteiger partial charge in [-0.05, 0) is 81.3 Å². The first kappa shape index (κ1) is 21.8. The van der Waals surface area contributed by atoms with Crippen molar-refractivity contribution in [3.05, 3.63) is 34.9 Å². The lowest BCUT2D eigenvalue weighted by Crippen LogP contribution is -2.54. The Balaban J connectivity index is 1.21. The maximum Gasteiger partial charge on any atom is 0.325 e. The molecule has 0 aliphatic heterocycles. The molecule has 0 aromatic heterocycles. The number of nitrogens with zero attached hydrogens (tertiary/aromatic N) is 1. The first-order valence-corrected chi connectivity index (χ1v) is 11.5. The molecule has 2 amide bonds. The van der Waals surface area contributed by atoms with Crippen LogP contribution in [0.2, 0.25) is 0 Å². The van der Waals surface area contributed by atoms with Gasteiger partial charge in [0.25, 0.3) is 5.91 Å². The van der Waals surface area contributed by atoms with Gasteiger partial charge in [0.1, 0.15) is 6.54 Å². The van der Waals surface area contributed by atoms with Crippen LogP contribution in [0.15, 0.2) is 18.2 Å². The molecule has 1 aromatic carbocycles. The normalized spacial score (nSPS) is 28.3. The maximum absolute atomic E-state index is 12.9. The summed E-state index contributed by atoms with van der Waals surface area (Å²) in [6.45, 7) is 4.04. The average molecular weight is 427 g/mol. The van der Waals surface area contributed by atoms with Crippen molar-refractivity contribution < 1.29 is 19.1 Å². The number of benzene rings is 1. The summed E-state index contributed by atoms with van der Waals surface area (Å²) in [7, 11) is 1.70. The van der Waals surface area contributed by atoms with Crippen molar-refractivity contribution >= 4 is 17.8 Å². The minimum atomic E-state index is -0.564. The summed E-state index contributed by atoms with van der Waals surface area (Å²) >= 11 is 0. The Morgan fingerprint density at radius 3 is 2.26 bits per heavy atom. The summed E-state index contributed by atoms with van der Waals surface area (Å²) < 4.78 is 5.14. The highest BCUT2D eigenvalue weighted by molar-refractivity contribution is 5.87. The molecule has 5 rings (SSSR count). The van der Waals surface area contributed by atoms with E-state index in [1.807, 2.05) is 26.0 Å². The molecule has 0 unspecified atom stereocenters. The van der Waals surface area contributed by atoms with Gasteiger partial charge < -0.3 is 15.0 Å². The zero-order valence-corrected chi connectivity index (χ0v) is 18.9. The summed E-state index contributed by atoms with van der Waals surface area (Å²) in [5.41, 5.74) is 3.09. The van der Waals surface area contributed by atoms with E-state index in [1.165, 1.54) is 24.8 Å². The highest BCUT2D eigenvalue weighted by atomic mass is 16.5. The average Bonchev–Trinajstić information content (AvgIpc) is 2.71. The fraction of sp³-hybridized carbons (Fsp3) is 0.640. The second-order valence-electron chi connectivity index (χ2n) is 10.2. The molecule has 4 bridgehead atoms. The Morgan fingerprint density at radius 1 is 1.06 bits per heavy atom. The predicted molar refractivity (Wildman–Crippen MR) is 117 cm³/mol. The lowest BCUT2D eigenvalue weighted by molar-refractivity contribution is -0.154. The fourth-order valence-corrected chi connectivity index (χ4v) is 6.40. The van der Waals surface area contributed by atoms with Crippen LogP contribution in [-0.2, 0) is 25.7 Å². The van der Waals surface area contributed by atoms with Crippen molar-refractivity contribution in [1.82, 2.24) is 10.2 Å². The molecule has 0 spiro atoms. The van der Waals surface area contributed by atoms with Gasteiger partial charge in [0.2, 0.25) is 5.91 Å². The summed E-state index contributed by atoms with van der Waals surface area (Å²) in [5, 5.41) is 2.81. The molecule has 6 nitrogen and oxygen atoms in total. The lowest BCUT2D eigenvalue weighted by Gasteiger charge is -2.55. The lowest BCUT2D eigenvalue weighted by atomic mass is 9.49.